The zero-order valence-corrected chi connectivity index (χ0v) is 40.5. The van der Waals surface area contributed by atoms with Gasteiger partial charge in [0.25, 0.3) is 0 Å². The Kier molecular flexibility index (Phi) is 43.7. The number of allylic oxidation sites excluding steroid dienone is 10. The van der Waals surface area contributed by atoms with Gasteiger partial charge in [-0.15, -0.1) is 0 Å². The second-order valence-corrected chi connectivity index (χ2v) is 18.1. The first kappa shape index (κ1) is 60.2. The van der Waals surface area contributed by atoms with E-state index >= 15 is 0 Å². The summed E-state index contributed by atoms with van der Waals surface area (Å²) in [6, 6.07) is -1.55. The summed E-state index contributed by atoms with van der Waals surface area (Å²) in [6.45, 7) is 2.47. The Bertz CT molecular complexity index is 1300. The molecule has 0 bridgehead atoms. The largest absolute Gasteiger partial charge is 0.480 e. The predicted octanol–water partition coefficient (Wildman–Crippen LogP) is 13.5. The topological polar surface area (TPSA) is 169 Å². The van der Waals surface area contributed by atoms with Crippen LogP contribution < -0.4 is 5.32 Å². The monoisotopic (exact) mass is 908 g/mol. The van der Waals surface area contributed by atoms with Crippen LogP contribution in [0.15, 0.2) is 60.8 Å². The number of ether oxygens (including phenoxy) is 1. The SMILES string of the molecule is CC/C=C\C/C=C\C/C=C\C/C=C\C/C=C\CCCCCC(=O)OCC(O)COP(=O)(O)OCC(NC(=O)CCCCCCCCCCCCCCCCCCCCCC)C(=O)O. The first-order chi connectivity index (χ1) is 30.6. The zero-order chi connectivity index (χ0) is 46.3. The molecular weight excluding hydrogens is 818 g/mol. The normalized spacial score (nSPS) is 14.1. The highest BCUT2D eigenvalue weighted by Gasteiger charge is 2.28. The summed E-state index contributed by atoms with van der Waals surface area (Å²) in [5, 5.41) is 21.9. The molecule has 0 aromatic rings. The molecule has 4 N–H and O–H groups in total. The molecule has 12 heteroatoms. The van der Waals surface area contributed by atoms with Gasteiger partial charge in [-0.1, -0.05) is 203 Å². The fourth-order valence-corrected chi connectivity index (χ4v) is 7.53. The summed E-state index contributed by atoms with van der Waals surface area (Å²) >= 11 is 0. The second-order valence-electron chi connectivity index (χ2n) is 16.6. The summed E-state index contributed by atoms with van der Waals surface area (Å²) in [5.41, 5.74) is 0. The lowest BCUT2D eigenvalue weighted by atomic mass is 10.0. The van der Waals surface area contributed by atoms with Gasteiger partial charge in [0, 0.05) is 12.8 Å². The molecule has 0 fully saturated rings. The van der Waals surface area contributed by atoms with Crippen LogP contribution in [0.2, 0.25) is 0 Å². The summed E-state index contributed by atoms with van der Waals surface area (Å²) in [4.78, 5) is 46.1. The van der Waals surface area contributed by atoms with E-state index in [1.54, 1.807) is 0 Å². The second kappa shape index (κ2) is 45.7. The van der Waals surface area contributed by atoms with Gasteiger partial charge in [-0.25, -0.2) is 9.36 Å². The van der Waals surface area contributed by atoms with Crippen molar-refractivity contribution in [3.8, 4) is 0 Å². The quantitative estimate of drug-likeness (QED) is 0.0200. The molecule has 0 saturated heterocycles. The maximum Gasteiger partial charge on any atom is 0.472 e. The molecule has 11 nitrogen and oxygen atoms in total. The van der Waals surface area contributed by atoms with Crippen molar-refractivity contribution in [2.45, 2.75) is 225 Å². The molecule has 0 aromatic heterocycles. The molecule has 0 rings (SSSR count). The number of hydrogen-bond acceptors (Lipinski definition) is 8. The number of nitrogens with one attached hydrogen (secondary N) is 1. The van der Waals surface area contributed by atoms with Gasteiger partial charge in [-0.2, -0.15) is 0 Å². The third-order valence-corrected chi connectivity index (χ3v) is 11.5. The molecule has 0 heterocycles. The number of carbonyl (C=O) groups excluding carboxylic acids is 2. The van der Waals surface area contributed by atoms with E-state index in [2.05, 4.69) is 79.9 Å². The van der Waals surface area contributed by atoms with Crippen LogP contribution in [0.5, 0.6) is 0 Å². The predicted molar refractivity (Wildman–Crippen MR) is 258 cm³/mol. The lowest BCUT2D eigenvalue weighted by molar-refractivity contribution is -0.147. The number of esters is 1. The molecule has 1 amide bonds. The highest BCUT2D eigenvalue weighted by molar-refractivity contribution is 7.47. The van der Waals surface area contributed by atoms with Crippen LogP contribution in [-0.4, -0.2) is 64.9 Å². The summed E-state index contributed by atoms with van der Waals surface area (Å²) in [6.07, 6.45) is 53.8. The average Bonchev–Trinajstić information content (AvgIpc) is 3.26. The van der Waals surface area contributed by atoms with Crippen molar-refractivity contribution in [2.24, 2.45) is 0 Å². The minimum atomic E-state index is -4.77. The van der Waals surface area contributed by atoms with Crippen LogP contribution in [0.4, 0.5) is 0 Å². The molecule has 0 aromatic carbocycles. The molecular formula is C51H90NO10P. The van der Waals surface area contributed by atoms with E-state index in [-0.39, 0.29) is 12.8 Å². The van der Waals surface area contributed by atoms with Gasteiger partial charge < -0.3 is 25.2 Å². The number of rotatable bonds is 46. The lowest BCUT2D eigenvalue weighted by Crippen LogP contribution is -2.43. The van der Waals surface area contributed by atoms with Crippen LogP contribution in [0.1, 0.15) is 213 Å². The van der Waals surface area contributed by atoms with Crippen molar-refractivity contribution >= 4 is 25.7 Å². The molecule has 364 valence electrons. The summed E-state index contributed by atoms with van der Waals surface area (Å²) in [5.74, 6) is -2.40. The van der Waals surface area contributed by atoms with Crippen molar-refractivity contribution in [1.82, 2.24) is 5.32 Å². The number of unbranched alkanes of at least 4 members (excludes halogenated alkanes) is 22. The summed E-state index contributed by atoms with van der Waals surface area (Å²) in [7, 11) is -4.77. The number of aliphatic carboxylic acids is 1. The van der Waals surface area contributed by atoms with Crippen LogP contribution in [0, 0.1) is 0 Å². The van der Waals surface area contributed by atoms with Crippen molar-refractivity contribution < 1.29 is 47.8 Å². The number of aliphatic hydroxyl groups is 1. The minimum Gasteiger partial charge on any atom is -0.480 e. The highest BCUT2D eigenvalue weighted by atomic mass is 31.2. The number of phosphoric acid groups is 1. The van der Waals surface area contributed by atoms with Crippen molar-refractivity contribution in [1.29, 1.82) is 0 Å². The number of aliphatic hydroxyl groups excluding tert-OH is 1. The van der Waals surface area contributed by atoms with E-state index in [4.69, 9.17) is 13.8 Å². The van der Waals surface area contributed by atoms with Gasteiger partial charge in [-0.05, 0) is 57.8 Å². The molecule has 0 aliphatic rings. The number of amides is 1. The van der Waals surface area contributed by atoms with Crippen LogP contribution in [0.25, 0.3) is 0 Å². The smallest absolute Gasteiger partial charge is 0.472 e. The van der Waals surface area contributed by atoms with E-state index in [9.17, 15) is 34.1 Å². The van der Waals surface area contributed by atoms with E-state index in [1.807, 2.05) is 0 Å². The molecule has 0 saturated carbocycles. The third-order valence-electron chi connectivity index (χ3n) is 10.6. The van der Waals surface area contributed by atoms with Crippen molar-refractivity contribution in [3.05, 3.63) is 60.8 Å². The first-order valence-electron chi connectivity index (χ1n) is 24.8. The first-order valence-corrected chi connectivity index (χ1v) is 26.3. The van der Waals surface area contributed by atoms with Gasteiger partial charge in [-0.3, -0.25) is 18.6 Å². The maximum atomic E-state index is 12.4. The Morgan fingerprint density at radius 1 is 0.524 bits per heavy atom. The standard InChI is InChI=1S/C51H90NO10P/c1-3-5-7-9-11-13-15-17-19-21-23-25-26-28-30-32-34-36-38-40-42-49(54)52-48(51(56)57)46-62-63(58,59)61-45-47(53)44-60-50(55)43-41-39-37-35-33-31-29-27-24-22-20-18-16-14-12-10-8-6-4-2/h6,8,12,14,18,20,24,27,31,33,47-48,53H,3-5,7,9-11,13,15-17,19,21-23,25-26,28-30,32,34-46H2,1-2H3,(H,52,54)(H,56,57)(H,58,59)/b8-6-,14-12-,20-18-,27-24-,33-31-. The van der Waals surface area contributed by atoms with E-state index in [1.165, 1.54) is 103 Å². The number of phosphoric ester groups is 1. The maximum absolute atomic E-state index is 12.4. The molecule has 63 heavy (non-hydrogen) atoms. The molecule has 0 aliphatic carbocycles. The fraction of sp³-hybridized carbons (Fsp3) is 0.745. The number of hydrogen-bond donors (Lipinski definition) is 4. The Balaban J connectivity index is 3.88. The molecule has 3 unspecified atom stereocenters. The Labute approximate surface area is 383 Å². The third kappa shape index (κ3) is 45.5. The van der Waals surface area contributed by atoms with Gasteiger partial charge in [0.2, 0.25) is 5.91 Å². The van der Waals surface area contributed by atoms with E-state index in [0.717, 1.165) is 70.6 Å². The summed E-state index contributed by atoms with van der Waals surface area (Å²) < 4.78 is 26.9. The Morgan fingerprint density at radius 2 is 0.921 bits per heavy atom. The van der Waals surface area contributed by atoms with Crippen LogP contribution in [0.3, 0.4) is 0 Å². The minimum absolute atomic E-state index is 0.145. The molecule has 0 radical (unpaired) electrons. The lowest BCUT2D eigenvalue weighted by Gasteiger charge is -2.18. The van der Waals surface area contributed by atoms with Crippen molar-refractivity contribution in [3.63, 3.8) is 0 Å². The van der Waals surface area contributed by atoms with Crippen LogP contribution in [-0.2, 0) is 32.7 Å². The number of carboxylic acid groups (broad SMARTS) is 1. The van der Waals surface area contributed by atoms with Crippen molar-refractivity contribution in [2.75, 3.05) is 19.8 Å². The van der Waals surface area contributed by atoms with Gasteiger partial charge in [0.15, 0.2) is 6.04 Å². The Hall–Kier alpha value is -2.82. The zero-order valence-electron chi connectivity index (χ0n) is 39.6. The molecule has 0 spiro atoms. The molecule has 0 aliphatic heterocycles. The number of carbonyl (C=O) groups is 3. The highest BCUT2D eigenvalue weighted by Crippen LogP contribution is 2.43. The average molecular weight is 908 g/mol. The van der Waals surface area contributed by atoms with Gasteiger partial charge >= 0.3 is 19.8 Å². The Morgan fingerprint density at radius 3 is 1.38 bits per heavy atom. The van der Waals surface area contributed by atoms with Crippen LogP contribution >= 0.6 is 7.82 Å². The van der Waals surface area contributed by atoms with E-state index < -0.39 is 57.6 Å². The van der Waals surface area contributed by atoms with Gasteiger partial charge in [0.05, 0.1) is 13.2 Å². The molecule has 3 atom stereocenters. The fourth-order valence-electron chi connectivity index (χ4n) is 6.75. The number of carboxylic acids is 1. The van der Waals surface area contributed by atoms with E-state index in [0.29, 0.717) is 12.8 Å². The van der Waals surface area contributed by atoms with Gasteiger partial charge in [0.1, 0.15) is 12.7 Å².